The summed E-state index contributed by atoms with van der Waals surface area (Å²) < 4.78 is 6.03. The Morgan fingerprint density at radius 1 is 1.42 bits per heavy atom. The lowest BCUT2D eigenvalue weighted by molar-refractivity contribution is 0.160. The van der Waals surface area contributed by atoms with Gasteiger partial charge in [0.05, 0.1) is 10.6 Å². The molecule has 98 valence electrons. The number of carbonyl (C=O) groups is 1. The van der Waals surface area contributed by atoms with Crippen LogP contribution in [0.2, 0.25) is 0 Å². The van der Waals surface area contributed by atoms with E-state index >= 15 is 0 Å². The first kappa shape index (κ1) is 13.6. The second-order valence-corrected chi connectivity index (χ2v) is 4.83. The number of hydrogen-bond donors (Lipinski definition) is 0. The quantitative estimate of drug-likeness (QED) is 0.616. The molecule has 0 saturated heterocycles. The highest BCUT2D eigenvalue weighted by Crippen LogP contribution is 2.25. The lowest BCUT2D eigenvalue weighted by Crippen LogP contribution is -2.39. The molecule has 1 aliphatic rings. The minimum Gasteiger partial charge on any atom is -0.410 e. The molecule has 1 aromatic carbocycles. The van der Waals surface area contributed by atoms with E-state index in [-0.39, 0.29) is 6.04 Å². The number of amides is 1. The summed E-state index contributed by atoms with van der Waals surface area (Å²) in [5, 5.41) is 0. The van der Waals surface area contributed by atoms with Crippen LogP contribution >= 0.6 is 15.9 Å². The fraction of sp³-hybridized carbons (Fsp3) is 0.133. The Labute approximate surface area is 121 Å². The van der Waals surface area contributed by atoms with Crippen LogP contribution in [-0.2, 0) is 0 Å². The third kappa shape index (κ3) is 3.35. The van der Waals surface area contributed by atoms with Crippen molar-refractivity contribution in [3.63, 3.8) is 0 Å². The third-order valence-electron chi connectivity index (χ3n) is 2.68. The molecule has 0 spiro atoms. The van der Waals surface area contributed by atoms with Gasteiger partial charge in [0.1, 0.15) is 5.75 Å². The topological polar surface area (TPSA) is 29.5 Å². The SMILES string of the molecule is C=CCC1C=CC=C(Br)N1C(=O)Oc1ccccc1. The van der Waals surface area contributed by atoms with Gasteiger partial charge in [-0.15, -0.1) is 6.58 Å². The third-order valence-corrected chi connectivity index (χ3v) is 3.33. The first-order valence-corrected chi connectivity index (χ1v) is 6.72. The summed E-state index contributed by atoms with van der Waals surface area (Å²) in [4.78, 5) is 13.8. The van der Waals surface area contributed by atoms with Gasteiger partial charge in [-0.05, 0) is 40.6 Å². The van der Waals surface area contributed by atoms with Gasteiger partial charge >= 0.3 is 6.09 Å². The van der Waals surface area contributed by atoms with Crippen LogP contribution in [0.3, 0.4) is 0 Å². The zero-order chi connectivity index (χ0) is 13.7. The van der Waals surface area contributed by atoms with Crippen LogP contribution in [-0.4, -0.2) is 17.0 Å². The molecule has 1 aromatic rings. The zero-order valence-corrected chi connectivity index (χ0v) is 11.9. The predicted molar refractivity (Wildman–Crippen MR) is 79.1 cm³/mol. The van der Waals surface area contributed by atoms with Gasteiger partial charge in [-0.3, -0.25) is 4.90 Å². The van der Waals surface area contributed by atoms with Gasteiger partial charge in [-0.25, -0.2) is 4.79 Å². The zero-order valence-electron chi connectivity index (χ0n) is 10.3. The number of nitrogens with zero attached hydrogens (tertiary/aromatic N) is 1. The highest BCUT2D eigenvalue weighted by atomic mass is 79.9. The van der Waals surface area contributed by atoms with Crippen LogP contribution in [0.25, 0.3) is 0 Å². The number of allylic oxidation sites excluding steroid dienone is 2. The normalized spacial score (nSPS) is 17.8. The van der Waals surface area contributed by atoms with Gasteiger partial charge in [0.2, 0.25) is 0 Å². The van der Waals surface area contributed by atoms with Crippen molar-refractivity contribution in [2.75, 3.05) is 0 Å². The Bertz CT molecular complexity index is 522. The molecule has 0 bridgehead atoms. The Kier molecular flexibility index (Phi) is 4.58. The van der Waals surface area contributed by atoms with Crippen LogP contribution in [0, 0.1) is 0 Å². The van der Waals surface area contributed by atoms with Crippen molar-refractivity contribution < 1.29 is 9.53 Å². The molecule has 4 heteroatoms. The Hall–Kier alpha value is -1.81. The smallest absolute Gasteiger partial charge is 0.410 e. The average Bonchev–Trinajstić information content (AvgIpc) is 2.40. The van der Waals surface area contributed by atoms with Crippen molar-refractivity contribution in [1.82, 2.24) is 4.90 Å². The fourth-order valence-corrected chi connectivity index (χ4v) is 2.36. The number of hydrogen-bond acceptors (Lipinski definition) is 2. The molecule has 1 aliphatic heterocycles. The van der Waals surface area contributed by atoms with E-state index in [1.165, 1.54) is 0 Å². The van der Waals surface area contributed by atoms with Crippen molar-refractivity contribution in [3.05, 3.63) is 65.8 Å². The van der Waals surface area contributed by atoms with Crippen LogP contribution in [0.1, 0.15) is 6.42 Å². The molecule has 0 aliphatic carbocycles. The maximum Gasteiger partial charge on any atom is 0.420 e. The maximum atomic E-state index is 12.2. The Morgan fingerprint density at radius 2 is 2.16 bits per heavy atom. The Balaban J connectivity index is 2.14. The molecule has 3 nitrogen and oxygen atoms in total. The number of halogens is 1. The minimum atomic E-state index is -0.412. The maximum absolute atomic E-state index is 12.2. The van der Waals surface area contributed by atoms with E-state index in [1.807, 2.05) is 36.4 Å². The van der Waals surface area contributed by atoms with Gasteiger partial charge in [0.25, 0.3) is 0 Å². The van der Waals surface area contributed by atoms with Gasteiger partial charge < -0.3 is 4.74 Å². The lowest BCUT2D eigenvalue weighted by Gasteiger charge is -2.29. The number of para-hydroxylation sites is 1. The van der Waals surface area contributed by atoms with E-state index in [4.69, 9.17) is 4.74 Å². The van der Waals surface area contributed by atoms with Crippen LogP contribution in [0.4, 0.5) is 4.79 Å². The minimum absolute atomic E-state index is 0.0758. The molecule has 1 unspecified atom stereocenters. The molecule has 1 amide bonds. The largest absolute Gasteiger partial charge is 0.420 e. The van der Waals surface area contributed by atoms with E-state index < -0.39 is 6.09 Å². The monoisotopic (exact) mass is 319 g/mol. The summed E-state index contributed by atoms with van der Waals surface area (Å²) in [7, 11) is 0. The summed E-state index contributed by atoms with van der Waals surface area (Å²) in [6.45, 7) is 3.71. The van der Waals surface area contributed by atoms with E-state index in [9.17, 15) is 4.79 Å². The predicted octanol–water partition coefficient (Wildman–Crippen LogP) is 4.24. The first-order chi connectivity index (χ1) is 9.22. The molecule has 1 heterocycles. The van der Waals surface area contributed by atoms with Crippen molar-refractivity contribution >= 4 is 22.0 Å². The standard InChI is InChI=1S/C15H14BrNO2/c1-2-7-12-8-6-11-14(16)17(12)15(18)19-13-9-4-3-5-10-13/h2-6,8-12H,1,7H2. The summed E-state index contributed by atoms with van der Waals surface area (Å²) in [6, 6.07) is 8.94. The molecule has 0 radical (unpaired) electrons. The molecular formula is C15H14BrNO2. The van der Waals surface area contributed by atoms with Crippen molar-refractivity contribution in [3.8, 4) is 5.75 Å². The number of ether oxygens (including phenoxy) is 1. The van der Waals surface area contributed by atoms with Gasteiger partial charge in [0, 0.05) is 0 Å². The van der Waals surface area contributed by atoms with Crippen molar-refractivity contribution in [2.45, 2.75) is 12.5 Å². The summed E-state index contributed by atoms with van der Waals surface area (Å²) >= 11 is 3.38. The fourth-order valence-electron chi connectivity index (χ4n) is 1.80. The number of carbonyl (C=O) groups excluding carboxylic acids is 1. The Morgan fingerprint density at radius 3 is 2.84 bits per heavy atom. The highest BCUT2D eigenvalue weighted by molar-refractivity contribution is 9.11. The average molecular weight is 320 g/mol. The molecule has 19 heavy (non-hydrogen) atoms. The highest BCUT2D eigenvalue weighted by Gasteiger charge is 2.26. The van der Waals surface area contributed by atoms with Crippen LogP contribution < -0.4 is 4.74 Å². The number of benzene rings is 1. The molecule has 0 fully saturated rings. The second kappa shape index (κ2) is 6.38. The van der Waals surface area contributed by atoms with Crippen LogP contribution in [0.15, 0.2) is 65.8 Å². The summed E-state index contributed by atoms with van der Waals surface area (Å²) in [6.07, 6.45) is 7.70. The molecule has 0 N–H and O–H groups in total. The molecule has 2 rings (SSSR count). The van der Waals surface area contributed by atoms with Crippen molar-refractivity contribution in [2.24, 2.45) is 0 Å². The first-order valence-electron chi connectivity index (χ1n) is 5.93. The summed E-state index contributed by atoms with van der Waals surface area (Å²) in [5.74, 6) is 0.528. The molecular weight excluding hydrogens is 306 g/mol. The van der Waals surface area contributed by atoms with Gasteiger partial charge in [0.15, 0.2) is 0 Å². The van der Waals surface area contributed by atoms with Gasteiger partial charge in [-0.2, -0.15) is 0 Å². The van der Waals surface area contributed by atoms with E-state index in [2.05, 4.69) is 22.5 Å². The lowest BCUT2D eigenvalue weighted by atomic mass is 10.1. The van der Waals surface area contributed by atoms with E-state index in [0.29, 0.717) is 16.8 Å². The van der Waals surface area contributed by atoms with Gasteiger partial charge in [-0.1, -0.05) is 36.4 Å². The second-order valence-electron chi connectivity index (χ2n) is 4.02. The van der Waals surface area contributed by atoms with E-state index in [0.717, 1.165) is 0 Å². The number of rotatable bonds is 3. The van der Waals surface area contributed by atoms with Crippen molar-refractivity contribution in [1.29, 1.82) is 0 Å². The molecule has 1 atom stereocenters. The summed E-state index contributed by atoms with van der Waals surface area (Å²) in [5.41, 5.74) is 0. The molecule has 0 saturated carbocycles. The molecule has 0 aromatic heterocycles. The van der Waals surface area contributed by atoms with Crippen LogP contribution in [0.5, 0.6) is 5.75 Å². The van der Waals surface area contributed by atoms with E-state index in [1.54, 1.807) is 23.1 Å².